The molecule has 0 fully saturated rings. The third-order valence-electron chi connectivity index (χ3n) is 3.67. The summed E-state index contributed by atoms with van der Waals surface area (Å²) in [6.07, 6.45) is 0. The summed E-state index contributed by atoms with van der Waals surface area (Å²) < 4.78 is 5.00. The lowest BCUT2D eigenvalue weighted by Gasteiger charge is -2.07. The topological polar surface area (TPSA) is 72.0 Å². The highest BCUT2D eigenvalue weighted by molar-refractivity contribution is 8.00. The maximum absolute atomic E-state index is 12.5. The second-order valence-corrected chi connectivity index (χ2v) is 6.81. The number of aromatic nitrogens is 2. The van der Waals surface area contributed by atoms with Gasteiger partial charge in [-0.3, -0.25) is 9.59 Å². The molecular formula is C19H18N2O3S. The van der Waals surface area contributed by atoms with Crippen LogP contribution >= 0.6 is 11.8 Å². The number of hydrogen-bond donors (Lipinski definition) is 1. The molecule has 0 radical (unpaired) electrons. The molecule has 0 bridgehead atoms. The van der Waals surface area contributed by atoms with E-state index in [0.29, 0.717) is 22.9 Å². The first-order chi connectivity index (χ1) is 12.1. The van der Waals surface area contributed by atoms with Crippen molar-refractivity contribution in [2.75, 3.05) is 6.61 Å². The van der Waals surface area contributed by atoms with Crippen molar-refractivity contribution in [1.82, 2.24) is 9.97 Å². The van der Waals surface area contributed by atoms with Gasteiger partial charge >= 0.3 is 5.97 Å². The molecule has 0 amide bonds. The predicted molar refractivity (Wildman–Crippen MR) is 97.9 cm³/mol. The maximum atomic E-state index is 12.5. The second kappa shape index (κ2) is 7.53. The van der Waals surface area contributed by atoms with Crippen LogP contribution in [-0.4, -0.2) is 33.6 Å². The number of nitrogens with one attached hydrogen (secondary N) is 1. The zero-order valence-corrected chi connectivity index (χ0v) is 14.8. The fourth-order valence-electron chi connectivity index (χ4n) is 2.41. The monoisotopic (exact) mass is 354 g/mol. The summed E-state index contributed by atoms with van der Waals surface area (Å²) in [5.74, 6) is -0.306. The molecule has 1 aromatic heterocycles. The molecule has 5 nitrogen and oxygen atoms in total. The number of carbonyl (C=O) groups excluding carboxylic acids is 2. The molecule has 1 heterocycles. The van der Waals surface area contributed by atoms with Crippen molar-refractivity contribution in [1.29, 1.82) is 0 Å². The molecule has 6 heteroatoms. The largest absolute Gasteiger partial charge is 0.465 e. The molecule has 1 atom stereocenters. The Labute approximate surface area is 149 Å². The molecule has 128 valence electrons. The van der Waals surface area contributed by atoms with E-state index in [2.05, 4.69) is 9.97 Å². The van der Waals surface area contributed by atoms with Crippen molar-refractivity contribution in [3.05, 3.63) is 59.7 Å². The maximum Gasteiger partial charge on any atom is 0.319 e. The van der Waals surface area contributed by atoms with Gasteiger partial charge in [0.05, 0.1) is 17.6 Å². The average molecular weight is 354 g/mol. The number of fused-ring (bicyclic) bond motifs is 1. The van der Waals surface area contributed by atoms with Crippen LogP contribution in [0.1, 0.15) is 29.8 Å². The third kappa shape index (κ3) is 3.91. The van der Waals surface area contributed by atoms with Crippen molar-refractivity contribution in [2.24, 2.45) is 0 Å². The van der Waals surface area contributed by atoms with Crippen molar-refractivity contribution in [2.45, 2.75) is 24.3 Å². The first-order valence-electron chi connectivity index (χ1n) is 8.01. The molecular weight excluding hydrogens is 336 g/mol. The summed E-state index contributed by atoms with van der Waals surface area (Å²) in [4.78, 5) is 31.9. The fourth-order valence-corrected chi connectivity index (χ4v) is 3.23. The molecule has 0 aliphatic carbocycles. The molecule has 0 saturated heterocycles. The standard InChI is InChI=1S/C19H18N2O3S/c1-3-24-18(23)12(2)25-19-20-15-10-9-14(11-16(15)21-19)17(22)13-7-5-4-6-8-13/h4-12H,3H2,1-2H3,(H,20,21). The number of rotatable bonds is 6. The number of aromatic amines is 1. The van der Waals surface area contributed by atoms with E-state index in [0.717, 1.165) is 11.0 Å². The Morgan fingerprint density at radius 3 is 2.64 bits per heavy atom. The molecule has 3 rings (SSSR count). The minimum absolute atomic E-state index is 0.0359. The van der Waals surface area contributed by atoms with Gasteiger partial charge in [0.1, 0.15) is 5.25 Å². The fraction of sp³-hybridized carbons (Fsp3) is 0.211. The highest BCUT2D eigenvalue weighted by Crippen LogP contribution is 2.25. The van der Waals surface area contributed by atoms with E-state index in [9.17, 15) is 9.59 Å². The number of H-pyrrole nitrogens is 1. The van der Waals surface area contributed by atoms with Gasteiger partial charge in [-0.1, -0.05) is 42.1 Å². The second-order valence-electron chi connectivity index (χ2n) is 5.48. The number of carbonyl (C=O) groups is 2. The molecule has 1 unspecified atom stereocenters. The van der Waals surface area contributed by atoms with Gasteiger partial charge < -0.3 is 9.72 Å². The van der Waals surface area contributed by atoms with Crippen molar-refractivity contribution in [3.63, 3.8) is 0 Å². The van der Waals surface area contributed by atoms with E-state index in [1.165, 1.54) is 11.8 Å². The number of benzene rings is 2. The lowest BCUT2D eigenvalue weighted by atomic mass is 10.0. The van der Waals surface area contributed by atoms with Gasteiger partial charge in [0, 0.05) is 11.1 Å². The molecule has 25 heavy (non-hydrogen) atoms. The van der Waals surface area contributed by atoms with Gasteiger partial charge in [0.15, 0.2) is 10.9 Å². The van der Waals surface area contributed by atoms with Gasteiger partial charge in [-0.05, 0) is 32.0 Å². The predicted octanol–water partition coefficient (Wildman–Crippen LogP) is 3.84. The van der Waals surface area contributed by atoms with Crippen LogP contribution in [0.5, 0.6) is 0 Å². The van der Waals surface area contributed by atoms with Gasteiger partial charge in [0.2, 0.25) is 0 Å². The van der Waals surface area contributed by atoms with Gasteiger partial charge in [0.25, 0.3) is 0 Å². The molecule has 1 N–H and O–H groups in total. The van der Waals surface area contributed by atoms with E-state index < -0.39 is 0 Å². The van der Waals surface area contributed by atoms with E-state index in [1.54, 1.807) is 44.2 Å². The van der Waals surface area contributed by atoms with Crippen LogP contribution in [0, 0.1) is 0 Å². The summed E-state index contributed by atoms with van der Waals surface area (Å²) in [6.45, 7) is 3.91. The molecule has 0 aliphatic heterocycles. The van der Waals surface area contributed by atoms with Crippen molar-refractivity contribution in [3.8, 4) is 0 Å². The number of thioether (sulfide) groups is 1. The highest BCUT2D eigenvalue weighted by Gasteiger charge is 2.18. The zero-order valence-electron chi connectivity index (χ0n) is 14.0. The van der Waals surface area contributed by atoms with E-state index >= 15 is 0 Å². The van der Waals surface area contributed by atoms with E-state index in [1.807, 2.05) is 18.2 Å². The summed E-state index contributed by atoms with van der Waals surface area (Å²) in [6, 6.07) is 14.5. The van der Waals surface area contributed by atoms with E-state index in [-0.39, 0.29) is 17.0 Å². The van der Waals surface area contributed by atoms with Crippen molar-refractivity contribution >= 4 is 34.5 Å². The molecule has 0 aliphatic rings. The number of ketones is 1. The highest BCUT2D eigenvalue weighted by atomic mass is 32.2. The normalized spacial score (nSPS) is 12.1. The Bertz CT molecular complexity index is 905. The van der Waals surface area contributed by atoms with Gasteiger partial charge in [-0.2, -0.15) is 0 Å². The molecule has 2 aromatic carbocycles. The van der Waals surface area contributed by atoms with Crippen LogP contribution in [-0.2, 0) is 9.53 Å². The lowest BCUT2D eigenvalue weighted by molar-refractivity contribution is -0.142. The SMILES string of the molecule is CCOC(=O)C(C)Sc1nc2ccc(C(=O)c3ccccc3)cc2[nH]1. The minimum Gasteiger partial charge on any atom is -0.465 e. The van der Waals surface area contributed by atoms with Crippen LogP contribution in [0.2, 0.25) is 0 Å². The Morgan fingerprint density at radius 2 is 1.92 bits per heavy atom. The van der Waals surface area contributed by atoms with Crippen LogP contribution in [0.15, 0.2) is 53.7 Å². The summed E-state index contributed by atoms with van der Waals surface area (Å²) >= 11 is 1.30. The van der Waals surface area contributed by atoms with Crippen LogP contribution in [0.4, 0.5) is 0 Å². The number of esters is 1. The first kappa shape index (κ1) is 17.2. The van der Waals surface area contributed by atoms with E-state index in [4.69, 9.17) is 4.74 Å². The first-order valence-corrected chi connectivity index (χ1v) is 8.89. The quantitative estimate of drug-likeness (QED) is 0.414. The number of hydrogen-bond acceptors (Lipinski definition) is 5. The number of ether oxygens (including phenoxy) is 1. The zero-order chi connectivity index (χ0) is 17.8. The van der Waals surface area contributed by atoms with Gasteiger partial charge in [-0.25, -0.2) is 4.98 Å². The smallest absolute Gasteiger partial charge is 0.319 e. The Morgan fingerprint density at radius 1 is 1.16 bits per heavy atom. The minimum atomic E-state index is -0.356. The molecule has 0 saturated carbocycles. The Balaban J connectivity index is 1.82. The number of imidazole rings is 1. The van der Waals surface area contributed by atoms with Crippen molar-refractivity contribution < 1.29 is 14.3 Å². The van der Waals surface area contributed by atoms with Crippen LogP contribution in [0.25, 0.3) is 11.0 Å². The Kier molecular flexibility index (Phi) is 5.19. The lowest BCUT2D eigenvalue weighted by Crippen LogP contribution is -2.16. The average Bonchev–Trinajstić information content (AvgIpc) is 3.03. The summed E-state index contributed by atoms with van der Waals surface area (Å²) in [5.41, 5.74) is 2.76. The van der Waals surface area contributed by atoms with Crippen LogP contribution < -0.4 is 0 Å². The summed E-state index contributed by atoms with van der Waals surface area (Å²) in [7, 11) is 0. The summed E-state index contributed by atoms with van der Waals surface area (Å²) in [5, 5.41) is 0.269. The van der Waals surface area contributed by atoms with Crippen LogP contribution in [0.3, 0.4) is 0 Å². The molecule has 3 aromatic rings. The molecule has 0 spiro atoms. The Hall–Kier alpha value is -2.60. The van der Waals surface area contributed by atoms with Gasteiger partial charge in [-0.15, -0.1) is 0 Å². The third-order valence-corrected chi connectivity index (χ3v) is 4.63. The number of nitrogens with zero attached hydrogens (tertiary/aromatic N) is 1.